The Hall–Kier alpha value is -2.58. The lowest BCUT2D eigenvalue weighted by Gasteiger charge is -2.09. The van der Waals surface area contributed by atoms with E-state index in [-0.39, 0.29) is 23.6 Å². The van der Waals surface area contributed by atoms with Crippen LogP contribution in [-0.2, 0) is 11.4 Å². The zero-order valence-corrected chi connectivity index (χ0v) is 15.8. The highest BCUT2D eigenvalue weighted by atomic mass is 35.5. The molecule has 1 heterocycles. The first kappa shape index (κ1) is 19.2. The van der Waals surface area contributed by atoms with E-state index in [9.17, 15) is 9.18 Å². The molecular weight excluding hydrogens is 393 g/mol. The number of carbonyl (C=O) groups excluding carboxylic acids is 1. The summed E-state index contributed by atoms with van der Waals surface area (Å²) in [5.41, 5.74) is 0.384. The maximum Gasteiger partial charge on any atom is 0.277 e. The molecule has 0 unspecified atom stereocenters. The van der Waals surface area contributed by atoms with Crippen molar-refractivity contribution in [2.24, 2.45) is 0 Å². The zero-order chi connectivity index (χ0) is 19.2. The number of carbonyl (C=O) groups is 1. The van der Waals surface area contributed by atoms with E-state index in [0.29, 0.717) is 16.5 Å². The fourth-order valence-corrected chi connectivity index (χ4v) is 2.86. The van der Waals surface area contributed by atoms with E-state index < -0.39 is 11.1 Å². The van der Waals surface area contributed by atoms with E-state index in [1.54, 1.807) is 37.3 Å². The molecule has 1 aromatic heterocycles. The smallest absolute Gasteiger partial charge is 0.277 e. The molecule has 0 aliphatic carbocycles. The van der Waals surface area contributed by atoms with Gasteiger partial charge in [-0.3, -0.25) is 4.79 Å². The molecule has 9 heteroatoms. The van der Waals surface area contributed by atoms with Crippen LogP contribution < -0.4 is 10.1 Å². The number of nitrogens with zero attached hydrogens (tertiary/aromatic N) is 2. The first-order valence-corrected chi connectivity index (χ1v) is 9.19. The van der Waals surface area contributed by atoms with E-state index in [4.69, 9.17) is 20.8 Å². The Balaban J connectivity index is 1.51. The van der Waals surface area contributed by atoms with Crippen LogP contribution in [0.2, 0.25) is 5.02 Å². The molecular formula is C18H15ClFN3O3S. The number of ether oxygens (including phenoxy) is 1. The Kier molecular flexibility index (Phi) is 6.31. The van der Waals surface area contributed by atoms with Crippen LogP contribution in [0.3, 0.4) is 0 Å². The molecule has 1 amide bonds. The van der Waals surface area contributed by atoms with Gasteiger partial charge in [0, 0.05) is 10.7 Å². The van der Waals surface area contributed by atoms with Gasteiger partial charge in [0.25, 0.3) is 11.1 Å². The van der Waals surface area contributed by atoms with Gasteiger partial charge in [-0.1, -0.05) is 29.4 Å². The second-order valence-electron chi connectivity index (χ2n) is 5.46. The van der Waals surface area contributed by atoms with Crippen molar-refractivity contribution in [1.82, 2.24) is 10.2 Å². The van der Waals surface area contributed by atoms with Crippen molar-refractivity contribution in [3.8, 4) is 5.75 Å². The summed E-state index contributed by atoms with van der Waals surface area (Å²) in [6.07, 6.45) is 0. The molecule has 0 aliphatic heterocycles. The Morgan fingerprint density at radius 3 is 2.81 bits per heavy atom. The number of aromatic nitrogens is 2. The van der Waals surface area contributed by atoms with Crippen molar-refractivity contribution in [2.75, 3.05) is 5.32 Å². The van der Waals surface area contributed by atoms with Crippen molar-refractivity contribution >= 4 is 35.0 Å². The highest BCUT2D eigenvalue weighted by Gasteiger charge is 2.19. The first-order valence-electron chi connectivity index (χ1n) is 7.93. The number of rotatable bonds is 7. The maximum absolute atomic E-state index is 13.2. The summed E-state index contributed by atoms with van der Waals surface area (Å²) in [7, 11) is 0. The SMILES string of the molecule is C[C@@H](Sc1nnc(COc2ccc(Cl)cc2)o1)C(=O)Nc1cccc(F)c1. The summed E-state index contributed by atoms with van der Waals surface area (Å²) < 4.78 is 24.2. The van der Waals surface area contributed by atoms with Crippen molar-refractivity contribution in [1.29, 1.82) is 0 Å². The molecule has 140 valence electrons. The molecule has 0 saturated heterocycles. The second kappa shape index (κ2) is 8.88. The van der Waals surface area contributed by atoms with Crippen LogP contribution >= 0.6 is 23.4 Å². The summed E-state index contributed by atoms with van der Waals surface area (Å²) in [4.78, 5) is 12.2. The predicted octanol–water partition coefficient (Wildman–Crippen LogP) is 4.56. The van der Waals surface area contributed by atoms with Gasteiger partial charge in [0.05, 0.1) is 5.25 Å². The highest BCUT2D eigenvalue weighted by molar-refractivity contribution is 8.00. The molecule has 0 spiro atoms. The third kappa shape index (κ3) is 5.70. The fraction of sp³-hybridized carbons (Fsp3) is 0.167. The lowest BCUT2D eigenvalue weighted by Crippen LogP contribution is -2.22. The average Bonchev–Trinajstić information content (AvgIpc) is 3.08. The minimum Gasteiger partial charge on any atom is -0.484 e. The number of amides is 1. The topological polar surface area (TPSA) is 77.2 Å². The predicted molar refractivity (Wildman–Crippen MR) is 100 cm³/mol. The van der Waals surface area contributed by atoms with Crippen LogP contribution in [0.5, 0.6) is 5.75 Å². The van der Waals surface area contributed by atoms with E-state index in [0.717, 1.165) is 11.8 Å². The molecule has 0 bridgehead atoms. The third-order valence-electron chi connectivity index (χ3n) is 3.36. The van der Waals surface area contributed by atoms with Crippen molar-refractivity contribution in [2.45, 2.75) is 24.0 Å². The number of hydrogen-bond acceptors (Lipinski definition) is 6. The summed E-state index contributed by atoms with van der Waals surface area (Å²) in [5.74, 6) is 0.179. The summed E-state index contributed by atoms with van der Waals surface area (Å²) >= 11 is 6.91. The number of halogens is 2. The Labute approximate surface area is 164 Å². The molecule has 2 aromatic carbocycles. The monoisotopic (exact) mass is 407 g/mol. The van der Waals surface area contributed by atoms with Crippen LogP contribution in [0, 0.1) is 5.82 Å². The number of anilines is 1. The lowest BCUT2D eigenvalue weighted by atomic mass is 10.3. The molecule has 0 saturated carbocycles. The summed E-state index contributed by atoms with van der Waals surface area (Å²) in [5, 5.41) is 10.8. The molecule has 0 fully saturated rings. The molecule has 3 aromatic rings. The first-order chi connectivity index (χ1) is 13.0. The van der Waals surface area contributed by atoms with Crippen LogP contribution in [0.4, 0.5) is 10.1 Å². The van der Waals surface area contributed by atoms with Crippen molar-refractivity contribution in [3.05, 3.63) is 65.3 Å². The van der Waals surface area contributed by atoms with Gasteiger partial charge in [0.15, 0.2) is 6.61 Å². The van der Waals surface area contributed by atoms with Crippen LogP contribution in [0.25, 0.3) is 0 Å². The second-order valence-corrected chi connectivity index (χ2v) is 7.19. The van der Waals surface area contributed by atoms with E-state index in [2.05, 4.69) is 15.5 Å². The van der Waals surface area contributed by atoms with Gasteiger partial charge >= 0.3 is 0 Å². The lowest BCUT2D eigenvalue weighted by molar-refractivity contribution is -0.115. The standard InChI is InChI=1S/C18H15ClFN3O3S/c1-11(17(24)21-14-4-2-3-13(20)9-14)27-18-23-22-16(26-18)10-25-15-7-5-12(19)6-8-15/h2-9,11H,10H2,1H3,(H,21,24)/t11-/m1/s1. The number of nitrogens with one attached hydrogen (secondary N) is 1. The van der Waals surface area contributed by atoms with E-state index in [1.165, 1.54) is 18.2 Å². The molecule has 0 radical (unpaired) electrons. The van der Waals surface area contributed by atoms with Gasteiger partial charge in [0.2, 0.25) is 5.91 Å². The van der Waals surface area contributed by atoms with E-state index >= 15 is 0 Å². The molecule has 27 heavy (non-hydrogen) atoms. The van der Waals surface area contributed by atoms with Gasteiger partial charge in [-0.25, -0.2) is 4.39 Å². The Morgan fingerprint density at radius 1 is 1.30 bits per heavy atom. The van der Waals surface area contributed by atoms with E-state index in [1.807, 2.05) is 0 Å². The molecule has 1 atom stereocenters. The van der Waals surface area contributed by atoms with Crippen LogP contribution in [0.15, 0.2) is 58.2 Å². The third-order valence-corrected chi connectivity index (χ3v) is 4.55. The van der Waals surface area contributed by atoms with Gasteiger partial charge in [-0.2, -0.15) is 0 Å². The minimum absolute atomic E-state index is 0.0963. The Morgan fingerprint density at radius 2 is 2.07 bits per heavy atom. The van der Waals surface area contributed by atoms with Gasteiger partial charge in [0.1, 0.15) is 11.6 Å². The molecule has 6 nitrogen and oxygen atoms in total. The molecule has 1 N–H and O–H groups in total. The molecule has 0 aliphatic rings. The Bertz CT molecular complexity index is 920. The maximum atomic E-state index is 13.2. The van der Waals surface area contributed by atoms with Crippen LogP contribution in [-0.4, -0.2) is 21.4 Å². The quantitative estimate of drug-likeness (QED) is 0.578. The number of hydrogen-bond donors (Lipinski definition) is 1. The van der Waals surface area contributed by atoms with Gasteiger partial charge < -0.3 is 14.5 Å². The largest absolute Gasteiger partial charge is 0.484 e. The fourth-order valence-electron chi connectivity index (χ4n) is 2.03. The average molecular weight is 408 g/mol. The highest BCUT2D eigenvalue weighted by Crippen LogP contribution is 2.24. The van der Waals surface area contributed by atoms with Gasteiger partial charge in [-0.05, 0) is 49.4 Å². The number of thioether (sulfide) groups is 1. The summed E-state index contributed by atoms with van der Waals surface area (Å²) in [6.45, 7) is 1.78. The summed E-state index contributed by atoms with van der Waals surface area (Å²) in [6, 6.07) is 12.6. The van der Waals surface area contributed by atoms with Gasteiger partial charge in [-0.15, -0.1) is 10.2 Å². The van der Waals surface area contributed by atoms with Crippen LogP contribution in [0.1, 0.15) is 12.8 Å². The zero-order valence-electron chi connectivity index (χ0n) is 14.2. The minimum atomic E-state index is -0.515. The normalized spacial score (nSPS) is 11.8. The van der Waals surface area contributed by atoms with Crippen molar-refractivity contribution < 1.29 is 18.3 Å². The molecule has 3 rings (SSSR count). The van der Waals surface area contributed by atoms with Crippen molar-refractivity contribution in [3.63, 3.8) is 0 Å². The number of benzene rings is 2.